The highest BCUT2D eigenvalue weighted by molar-refractivity contribution is 6.30. The van der Waals surface area contributed by atoms with Gasteiger partial charge in [-0.15, -0.1) is 0 Å². The van der Waals surface area contributed by atoms with Crippen LogP contribution in [0.15, 0.2) is 48.5 Å². The lowest BCUT2D eigenvalue weighted by molar-refractivity contribution is 0.0668. The minimum atomic E-state index is -1.14. The van der Waals surface area contributed by atoms with E-state index in [1.165, 1.54) is 22.2 Å². The highest BCUT2D eigenvalue weighted by Gasteiger charge is 2.30. The lowest BCUT2D eigenvalue weighted by atomic mass is 9.96. The Hall–Kier alpha value is -2.15. The fraction of sp³-hybridized carbons (Fsp3) is 0.500. The van der Waals surface area contributed by atoms with Gasteiger partial charge in [0.05, 0.1) is 6.67 Å². The van der Waals surface area contributed by atoms with Gasteiger partial charge in [0.1, 0.15) is 18.0 Å². The first-order valence-corrected chi connectivity index (χ1v) is 12.8. The van der Waals surface area contributed by atoms with Crippen molar-refractivity contribution in [1.29, 1.82) is 0 Å². The molecule has 1 N–H and O–H groups in total. The predicted molar refractivity (Wildman–Crippen MR) is 140 cm³/mol. The van der Waals surface area contributed by atoms with Crippen LogP contribution >= 0.6 is 11.6 Å². The van der Waals surface area contributed by atoms with E-state index in [9.17, 15) is 8.78 Å². The van der Waals surface area contributed by atoms with Gasteiger partial charge < -0.3 is 9.72 Å². The number of nitrogens with one attached hydrogen (secondary N) is 1. The third-order valence-corrected chi connectivity index (χ3v) is 6.92. The van der Waals surface area contributed by atoms with Crippen molar-refractivity contribution >= 4 is 22.5 Å². The number of halogens is 3. The van der Waals surface area contributed by atoms with E-state index in [0.29, 0.717) is 24.2 Å². The summed E-state index contributed by atoms with van der Waals surface area (Å²) in [7, 11) is 0. The molecule has 2 aliphatic rings. The Morgan fingerprint density at radius 2 is 1.91 bits per heavy atom. The van der Waals surface area contributed by atoms with Gasteiger partial charge in [-0.1, -0.05) is 35.9 Å². The first-order valence-electron chi connectivity index (χ1n) is 12.4. The van der Waals surface area contributed by atoms with Gasteiger partial charge >= 0.3 is 0 Å². The van der Waals surface area contributed by atoms with Crippen molar-refractivity contribution in [2.75, 3.05) is 39.5 Å². The number of aromatic nitrogens is 1. The van der Waals surface area contributed by atoms with E-state index in [2.05, 4.69) is 46.0 Å². The average molecular weight is 504 g/mol. The van der Waals surface area contributed by atoms with Crippen LogP contribution in [0.1, 0.15) is 32.0 Å². The molecule has 190 valence electrons. The molecule has 4 nitrogen and oxygen atoms in total. The number of benzene rings is 2. The molecule has 0 radical (unpaired) electrons. The maximum Gasteiger partial charge on any atom is 0.120 e. The second-order valence-electron chi connectivity index (χ2n) is 10.4. The summed E-state index contributed by atoms with van der Waals surface area (Å²) in [6.45, 7) is 9.79. The highest BCUT2D eigenvalue weighted by atomic mass is 35.5. The Morgan fingerprint density at radius 3 is 2.63 bits per heavy atom. The molecular formula is C28H36ClF2N3O. The maximum atomic E-state index is 13.9. The number of likely N-dealkylation sites (tertiary alicyclic amines) is 1. The molecule has 0 aliphatic carbocycles. The molecule has 5 rings (SSSR count). The van der Waals surface area contributed by atoms with Crippen LogP contribution in [0, 0.1) is 5.92 Å². The Labute approximate surface area is 212 Å². The molecule has 0 bridgehead atoms. The number of rotatable bonds is 7. The van der Waals surface area contributed by atoms with Gasteiger partial charge in [-0.25, -0.2) is 4.39 Å². The summed E-state index contributed by atoms with van der Waals surface area (Å²) in [4.78, 5) is 7.91. The largest absolute Gasteiger partial charge is 0.492 e. The zero-order valence-electron chi connectivity index (χ0n) is 20.9. The van der Waals surface area contributed by atoms with Crippen molar-refractivity contribution in [3.63, 3.8) is 0 Å². The number of H-pyrrole nitrogens is 1. The summed E-state index contributed by atoms with van der Waals surface area (Å²) < 4.78 is 31.6. The van der Waals surface area contributed by atoms with Gasteiger partial charge in [0.15, 0.2) is 0 Å². The van der Waals surface area contributed by atoms with Crippen molar-refractivity contribution in [3.05, 3.63) is 64.8 Å². The first kappa shape index (κ1) is 25.9. The van der Waals surface area contributed by atoms with E-state index in [1.807, 2.05) is 18.2 Å². The van der Waals surface area contributed by atoms with E-state index >= 15 is 0 Å². The Balaban J connectivity index is 0.000000168. The molecule has 2 aliphatic heterocycles. The molecule has 1 saturated heterocycles. The summed E-state index contributed by atoms with van der Waals surface area (Å²) in [6.07, 6.45) is 0.995. The quantitative estimate of drug-likeness (QED) is 0.411. The molecule has 0 amide bonds. The number of nitrogens with zero attached hydrogens (tertiary/aromatic N) is 2. The third-order valence-electron chi connectivity index (χ3n) is 6.69. The zero-order chi connectivity index (χ0) is 25.0. The van der Waals surface area contributed by atoms with Crippen molar-refractivity contribution in [2.24, 2.45) is 5.92 Å². The predicted octanol–water partition coefficient (Wildman–Crippen LogP) is 6.28. The molecule has 35 heavy (non-hydrogen) atoms. The minimum Gasteiger partial charge on any atom is -0.492 e. The molecule has 2 aromatic carbocycles. The number of alkyl halides is 2. The molecule has 3 heterocycles. The van der Waals surface area contributed by atoms with Crippen LogP contribution in [0.25, 0.3) is 10.9 Å². The van der Waals surface area contributed by atoms with E-state index in [-0.39, 0.29) is 12.6 Å². The molecular weight excluding hydrogens is 468 g/mol. The molecule has 7 heteroatoms. The van der Waals surface area contributed by atoms with Crippen molar-refractivity contribution < 1.29 is 13.5 Å². The van der Waals surface area contributed by atoms with E-state index in [1.54, 1.807) is 19.9 Å². The van der Waals surface area contributed by atoms with Crippen LogP contribution in [0.4, 0.5) is 8.78 Å². The van der Waals surface area contributed by atoms with Crippen LogP contribution in [0.2, 0.25) is 5.02 Å². The Kier molecular flexibility index (Phi) is 8.35. The lowest BCUT2D eigenvalue weighted by Gasteiger charge is -2.37. The van der Waals surface area contributed by atoms with Crippen LogP contribution in [0.3, 0.4) is 0 Å². The number of fused-ring (bicyclic) bond motifs is 3. The Morgan fingerprint density at radius 1 is 1.14 bits per heavy atom. The van der Waals surface area contributed by atoms with Gasteiger partial charge in [0, 0.05) is 66.3 Å². The normalized spacial score (nSPS) is 19.1. The second kappa shape index (κ2) is 11.3. The SMILES string of the molecule is C[C@@H]1Cc2c([nH]c3ccccc23)CN1CC(C)(C)F.FCC1CN(CCOc2cccc(Cl)c2)C1. The van der Waals surface area contributed by atoms with Gasteiger partial charge in [-0.3, -0.25) is 14.2 Å². The number of hydrogen-bond acceptors (Lipinski definition) is 3. The molecule has 1 atom stereocenters. The van der Waals surface area contributed by atoms with Crippen LogP contribution < -0.4 is 4.74 Å². The number of ether oxygens (including phenoxy) is 1. The summed E-state index contributed by atoms with van der Waals surface area (Å²) >= 11 is 5.83. The smallest absolute Gasteiger partial charge is 0.120 e. The first-order chi connectivity index (χ1) is 16.7. The lowest BCUT2D eigenvalue weighted by Crippen LogP contribution is -2.49. The maximum absolute atomic E-state index is 13.9. The van der Waals surface area contributed by atoms with Gasteiger partial charge in [-0.05, 0) is 57.0 Å². The van der Waals surface area contributed by atoms with E-state index in [4.69, 9.17) is 16.3 Å². The number of para-hydroxylation sites is 1. The average Bonchev–Trinajstić information content (AvgIpc) is 3.12. The van der Waals surface area contributed by atoms with E-state index in [0.717, 1.165) is 38.3 Å². The molecule has 0 spiro atoms. The van der Waals surface area contributed by atoms with Gasteiger partial charge in [0.25, 0.3) is 0 Å². The molecule has 3 aromatic rings. The fourth-order valence-electron chi connectivity index (χ4n) is 4.91. The summed E-state index contributed by atoms with van der Waals surface area (Å²) in [5.74, 6) is 1.03. The highest BCUT2D eigenvalue weighted by Crippen LogP contribution is 2.31. The minimum absolute atomic E-state index is 0.203. The zero-order valence-corrected chi connectivity index (χ0v) is 21.6. The molecule has 0 saturated carbocycles. The van der Waals surface area contributed by atoms with E-state index < -0.39 is 5.67 Å². The van der Waals surface area contributed by atoms with Crippen molar-refractivity contribution in [3.8, 4) is 5.75 Å². The summed E-state index contributed by atoms with van der Waals surface area (Å²) in [5, 5.41) is 2.00. The molecule has 1 aromatic heterocycles. The third kappa shape index (κ3) is 6.96. The molecule has 0 unspecified atom stereocenters. The van der Waals surface area contributed by atoms with Crippen molar-refractivity contribution in [2.45, 2.75) is 45.4 Å². The molecule has 1 fully saturated rings. The van der Waals surface area contributed by atoms with Crippen LogP contribution in [0.5, 0.6) is 5.75 Å². The summed E-state index contributed by atoms with van der Waals surface area (Å²) in [5.41, 5.74) is 2.72. The Bertz CT molecular complexity index is 1110. The van der Waals surface area contributed by atoms with Crippen LogP contribution in [-0.4, -0.2) is 66.0 Å². The summed E-state index contributed by atoms with van der Waals surface area (Å²) in [6, 6.07) is 16.2. The standard InChI is InChI=1S/C16H21FN2.C12H15ClFNO/c1-11-8-13-12-6-4-5-7-14(12)18-15(13)9-19(11)10-16(2,3)17;13-11-2-1-3-12(6-11)16-5-4-15-8-10(7-14)9-15/h4-7,11,18H,8-10H2,1-3H3;1-3,6,10H,4-5,7-9H2/t11-;/m1./s1. The van der Waals surface area contributed by atoms with Crippen molar-refractivity contribution in [1.82, 2.24) is 14.8 Å². The number of hydrogen-bond donors (Lipinski definition) is 1. The fourth-order valence-corrected chi connectivity index (χ4v) is 5.09. The monoisotopic (exact) mass is 503 g/mol. The van der Waals surface area contributed by atoms with Gasteiger partial charge in [0.2, 0.25) is 0 Å². The topological polar surface area (TPSA) is 31.5 Å². The second-order valence-corrected chi connectivity index (χ2v) is 10.8. The van der Waals surface area contributed by atoms with Gasteiger partial charge in [-0.2, -0.15) is 0 Å². The number of aromatic amines is 1. The van der Waals surface area contributed by atoms with Crippen LogP contribution in [-0.2, 0) is 13.0 Å².